The third-order valence-corrected chi connectivity index (χ3v) is 3.33. The molecule has 82 valence electrons. The van der Waals surface area contributed by atoms with Crippen molar-refractivity contribution in [3.05, 3.63) is 0 Å². The highest BCUT2D eigenvalue weighted by atomic mass is 19.1. The molecule has 0 radical (unpaired) electrons. The molecule has 0 aromatic rings. The van der Waals surface area contributed by atoms with Crippen LogP contribution in [0, 0.1) is 0 Å². The molecule has 0 amide bonds. The molecule has 2 fully saturated rings. The minimum atomic E-state index is -0.612. The van der Waals surface area contributed by atoms with Gasteiger partial charge in [0, 0.05) is 25.3 Å². The second-order valence-electron chi connectivity index (χ2n) is 4.46. The molecule has 1 saturated carbocycles. The minimum Gasteiger partial charge on any atom is -0.381 e. The average Bonchev–Trinajstić information content (AvgIpc) is 2.44. The molecular weight excluding hydrogens is 181 g/mol. The summed E-state index contributed by atoms with van der Waals surface area (Å²) in [6.45, 7) is 1.71. The molecular formula is C11H20FNO. The van der Waals surface area contributed by atoms with E-state index in [2.05, 4.69) is 5.32 Å². The highest BCUT2D eigenvalue weighted by Crippen LogP contribution is 2.23. The van der Waals surface area contributed by atoms with E-state index >= 15 is 0 Å². The monoisotopic (exact) mass is 201 g/mol. The van der Waals surface area contributed by atoms with Crippen molar-refractivity contribution in [2.45, 2.75) is 56.8 Å². The van der Waals surface area contributed by atoms with Gasteiger partial charge in [-0.15, -0.1) is 0 Å². The smallest absolute Gasteiger partial charge is 0.115 e. The van der Waals surface area contributed by atoms with E-state index < -0.39 is 6.17 Å². The first-order valence-electron chi connectivity index (χ1n) is 5.84. The molecule has 2 rings (SSSR count). The van der Waals surface area contributed by atoms with Crippen LogP contribution < -0.4 is 5.32 Å². The standard InChI is InChI=1S/C11H20FNO/c12-10-4-1-5-11(10)13-9-3-2-7-14-8-6-9/h9-11,13H,1-8H2/t9?,10-,11+/m0/s1. The van der Waals surface area contributed by atoms with Crippen molar-refractivity contribution in [2.75, 3.05) is 13.2 Å². The molecule has 1 aliphatic carbocycles. The summed E-state index contributed by atoms with van der Waals surface area (Å²) in [6.07, 6.45) is 5.49. The van der Waals surface area contributed by atoms with Gasteiger partial charge in [-0.2, -0.15) is 0 Å². The Morgan fingerprint density at radius 1 is 1.00 bits per heavy atom. The normalized spacial score (nSPS) is 39.6. The molecule has 3 heteroatoms. The van der Waals surface area contributed by atoms with Crippen molar-refractivity contribution in [3.8, 4) is 0 Å². The summed E-state index contributed by atoms with van der Waals surface area (Å²) in [4.78, 5) is 0. The van der Waals surface area contributed by atoms with Gasteiger partial charge in [0.25, 0.3) is 0 Å². The maximum Gasteiger partial charge on any atom is 0.115 e. The van der Waals surface area contributed by atoms with Crippen LogP contribution >= 0.6 is 0 Å². The second-order valence-corrected chi connectivity index (χ2v) is 4.46. The summed E-state index contributed by atoms with van der Waals surface area (Å²) < 4.78 is 18.7. The van der Waals surface area contributed by atoms with E-state index in [1.165, 1.54) is 0 Å². The third kappa shape index (κ3) is 2.67. The number of ether oxygens (including phenoxy) is 1. The fourth-order valence-electron chi connectivity index (χ4n) is 2.48. The van der Waals surface area contributed by atoms with Crippen molar-refractivity contribution in [1.82, 2.24) is 5.32 Å². The van der Waals surface area contributed by atoms with Crippen molar-refractivity contribution in [1.29, 1.82) is 0 Å². The van der Waals surface area contributed by atoms with Gasteiger partial charge in [-0.1, -0.05) is 0 Å². The second kappa shape index (κ2) is 5.08. The van der Waals surface area contributed by atoms with Crippen molar-refractivity contribution in [3.63, 3.8) is 0 Å². The topological polar surface area (TPSA) is 21.3 Å². The molecule has 3 atom stereocenters. The van der Waals surface area contributed by atoms with E-state index in [1.807, 2.05) is 0 Å². The van der Waals surface area contributed by atoms with Gasteiger partial charge in [-0.05, 0) is 38.5 Å². The predicted octanol–water partition coefficient (Wildman–Crippen LogP) is 2.04. The molecule has 1 heterocycles. The van der Waals surface area contributed by atoms with Crippen molar-refractivity contribution >= 4 is 0 Å². The van der Waals surface area contributed by atoms with E-state index in [9.17, 15) is 4.39 Å². The Morgan fingerprint density at radius 3 is 2.71 bits per heavy atom. The summed E-state index contributed by atoms with van der Waals surface area (Å²) in [5.74, 6) is 0. The van der Waals surface area contributed by atoms with Gasteiger partial charge in [0.15, 0.2) is 0 Å². The van der Waals surface area contributed by atoms with Crippen LogP contribution in [-0.4, -0.2) is 31.5 Å². The van der Waals surface area contributed by atoms with Crippen molar-refractivity contribution in [2.24, 2.45) is 0 Å². The number of rotatable bonds is 2. The van der Waals surface area contributed by atoms with Gasteiger partial charge < -0.3 is 10.1 Å². The van der Waals surface area contributed by atoms with E-state index in [0.29, 0.717) is 6.04 Å². The lowest BCUT2D eigenvalue weighted by molar-refractivity contribution is 0.141. The van der Waals surface area contributed by atoms with Gasteiger partial charge in [0.2, 0.25) is 0 Å². The molecule has 1 unspecified atom stereocenters. The van der Waals surface area contributed by atoms with E-state index in [0.717, 1.165) is 51.7 Å². The van der Waals surface area contributed by atoms with Crippen LogP contribution in [0.25, 0.3) is 0 Å². The number of alkyl halides is 1. The molecule has 0 aromatic heterocycles. The molecule has 1 aliphatic heterocycles. The Kier molecular flexibility index (Phi) is 3.76. The predicted molar refractivity (Wildman–Crippen MR) is 54.1 cm³/mol. The SMILES string of the molecule is F[C@H]1CCC[C@H]1NC1CCCOCC1. The van der Waals surface area contributed by atoms with Gasteiger partial charge in [0.1, 0.15) is 6.17 Å². The minimum absolute atomic E-state index is 0.123. The van der Waals surface area contributed by atoms with Crippen LogP contribution in [0.4, 0.5) is 4.39 Å². The Hall–Kier alpha value is -0.150. The summed E-state index contributed by atoms with van der Waals surface area (Å²) in [7, 11) is 0. The third-order valence-electron chi connectivity index (χ3n) is 3.33. The van der Waals surface area contributed by atoms with Crippen LogP contribution in [0.2, 0.25) is 0 Å². The van der Waals surface area contributed by atoms with Gasteiger partial charge >= 0.3 is 0 Å². The number of halogens is 1. The molecule has 0 bridgehead atoms. The Bertz CT molecular complexity index is 169. The summed E-state index contributed by atoms with van der Waals surface area (Å²) >= 11 is 0. The first-order valence-corrected chi connectivity index (χ1v) is 5.84. The number of hydrogen-bond donors (Lipinski definition) is 1. The molecule has 0 aromatic carbocycles. The van der Waals surface area contributed by atoms with Crippen LogP contribution in [0.5, 0.6) is 0 Å². The lowest BCUT2D eigenvalue weighted by atomic mass is 10.1. The first-order chi connectivity index (χ1) is 6.86. The molecule has 1 N–H and O–H groups in total. The van der Waals surface area contributed by atoms with E-state index in [-0.39, 0.29) is 6.04 Å². The zero-order valence-electron chi connectivity index (χ0n) is 8.68. The average molecular weight is 201 g/mol. The van der Waals surface area contributed by atoms with Crippen LogP contribution in [0.15, 0.2) is 0 Å². The maximum absolute atomic E-state index is 13.4. The highest BCUT2D eigenvalue weighted by Gasteiger charge is 2.28. The number of hydrogen-bond acceptors (Lipinski definition) is 2. The Morgan fingerprint density at radius 2 is 1.93 bits per heavy atom. The summed E-state index contributed by atoms with van der Waals surface area (Å²) in [5, 5.41) is 3.45. The van der Waals surface area contributed by atoms with Gasteiger partial charge in [0.05, 0.1) is 0 Å². The van der Waals surface area contributed by atoms with E-state index in [4.69, 9.17) is 4.74 Å². The van der Waals surface area contributed by atoms with Gasteiger partial charge in [-0.3, -0.25) is 0 Å². The van der Waals surface area contributed by atoms with E-state index in [1.54, 1.807) is 0 Å². The Balaban J connectivity index is 1.77. The first kappa shape index (κ1) is 10.4. The number of nitrogens with one attached hydrogen (secondary N) is 1. The molecule has 14 heavy (non-hydrogen) atoms. The summed E-state index contributed by atoms with van der Waals surface area (Å²) in [5.41, 5.74) is 0. The molecule has 0 spiro atoms. The quantitative estimate of drug-likeness (QED) is 0.738. The molecule has 2 aliphatic rings. The Labute approximate surface area is 85.2 Å². The van der Waals surface area contributed by atoms with Crippen molar-refractivity contribution < 1.29 is 9.13 Å². The summed E-state index contributed by atoms with van der Waals surface area (Å²) in [6, 6.07) is 0.608. The lowest BCUT2D eigenvalue weighted by Crippen LogP contribution is -2.41. The van der Waals surface area contributed by atoms with Gasteiger partial charge in [-0.25, -0.2) is 4.39 Å². The van der Waals surface area contributed by atoms with Crippen LogP contribution in [0.1, 0.15) is 38.5 Å². The zero-order valence-corrected chi connectivity index (χ0v) is 8.68. The fourth-order valence-corrected chi connectivity index (χ4v) is 2.48. The zero-order chi connectivity index (χ0) is 9.80. The highest BCUT2D eigenvalue weighted by molar-refractivity contribution is 4.86. The maximum atomic E-state index is 13.4. The lowest BCUT2D eigenvalue weighted by Gasteiger charge is -2.22. The molecule has 2 nitrogen and oxygen atoms in total. The largest absolute Gasteiger partial charge is 0.381 e. The van der Waals surface area contributed by atoms with Crippen LogP contribution in [-0.2, 0) is 4.74 Å². The van der Waals surface area contributed by atoms with Crippen LogP contribution in [0.3, 0.4) is 0 Å². The fraction of sp³-hybridized carbons (Fsp3) is 1.00. The molecule has 1 saturated heterocycles.